The molecule has 7 rings (SSSR count). The Morgan fingerprint density at radius 2 is 1.95 bits per heavy atom. The van der Waals surface area contributed by atoms with Gasteiger partial charge in [-0.15, -0.1) is 0 Å². The van der Waals surface area contributed by atoms with Gasteiger partial charge in [0, 0.05) is 24.6 Å². The number of imidazole rings is 2. The number of aliphatic hydroxyl groups is 1. The summed E-state index contributed by atoms with van der Waals surface area (Å²) in [7, 11) is 0. The minimum absolute atomic E-state index is 0.146. The van der Waals surface area contributed by atoms with Crippen LogP contribution in [0.15, 0.2) is 36.4 Å². The van der Waals surface area contributed by atoms with E-state index in [9.17, 15) is 10.2 Å². The van der Waals surface area contributed by atoms with Crippen molar-refractivity contribution in [3.63, 3.8) is 0 Å². The first kappa shape index (κ1) is 26.3. The summed E-state index contributed by atoms with van der Waals surface area (Å²) in [5.41, 5.74) is 10.5. The number of aliphatic hydroxyl groups excluding tert-OH is 1. The Morgan fingerprint density at radius 1 is 1.15 bits per heavy atom. The van der Waals surface area contributed by atoms with Crippen molar-refractivity contribution < 1.29 is 19.7 Å². The number of aromatic nitrogens is 6. The van der Waals surface area contributed by atoms with Gasteiger partial charge in [0.2, 0.25) is 0 Å². The van der Waals surface area contributed by atoms with Crippen LogP contribution in [0.2, 0.25) is 0 Å². The molecule has 5 heterocycles. The number of nitrogens with two attached hydrogens (primary N) is 1. The number of nitrogen functional groups attached to an aromatic ring is 1. The largest absolute Gasteiger partial charge is 0.505 e. The summed E-state index contributed by atoms with van der Waals surface area (Å²) >= 11 is 0. The number of hydrogen-bond acceptors (Lipinski definition) is 10. The number of benzene rings is 1. The number of phenolic OH excluding ortho intramolecular Hbond substituents is 1. The molecule has 0 radical (unpaired) electrons. The van der Waals surface area contributed by atoms with Crippen molar-refractivity contribution in [3.05, 3.63) is 47.8 Å². The number of H-pyrrole nitrogens is 1. The van der Waals surface area contributed by atoms with Gasteiger partial charge in [0.25, 0.3) is 0 Å². The monoisotopic (exact) mass is 560 g/mol. The zero-order chi connectivity index (χ0) is 28.6. The maximum Gasteiger partial charge on any atom is 0.167 e. The van der Waals surface area contributed by atoms with E-state index >= 15 is 0 Å². The molecule has 3 fully saturated rings. The summed E-state index contributed by atoms with van der Waals surface area (Å²) in [4.78, 5) is 23.0. The van der Waals surface area contributed by atoms with E-state index in [2.05, 4.69) is 51.7 Å². The normalized spacial score (nSPS) is 28.8. The Hall–Kier alpha value is -3.58. The first-order valence-corrected chi connectivity index (χ1v) is 14.1. The maximum absolute atomic E-state index is 11.1. The summed E-state index contributed by atoms with van der Waals surface area (Å²) in [6.45, 7) is 8.95. The van der Waals surface area contributed by atoms with Gasteiger partial charge >= 0.3 is 0 Å². The van der Waals surface area contributed by atoms with Crippen LogP contribution in [0.1, 0.15) is 58.2 Å². The van der Waals surface area contributed by atoms with Gasteiger partial charge in [-0.05, 0) is 31.2 Å². The number of ether oxygens (including phenoxy) is 2. The van der Waals surface area contributed by atoms with Crippen LogP contribution in [0.25, 0.3) is 22.2 Å². The fourth-order valence-corrected chi connectivity index (χ4v) is 6.43. The number of anilines is 1. The standard InChI is InChI=1S/C29H36N8O4/c1-14-36(11-19-25(40-14)24(39)28(41-19)37-13-33-22-26(30)31-12-32-27(22)37)16-9-15(10-16)5-8-20-34-18-7-6-17(29(2,3)4)23(38)21(18)35-20/h5-7,12-14,16,19,24-25,28,38-39H,8-11H2,1-4H3,(H,34,35)(H2,30,31,32)/t14?,16?,19-,24-,25-,28-/m1/s1. The summed E-state index contributed by atoms with van der Waals surface area (Å²) in [6.07, 6.45) is 5.36. The highest BCUT2D eigenvalue weighted by Crippen LogP contribution is 2.41. The second-order valence-electron chi connectivity index (χ2n) is 12.5. The molecule has 0 amide bonds. The van der Waals surface area contributed by atoms with Gasteiger partial charge in [0.1, 0.15) is 53.5 Å². The highest BCUT2D eigenvalue weighted by Gasteiger charge is 2.52. The van der Waals surface area contributed by atoms with Gasteiger partial charge in [0.05, 0.1) is 11.8 Å². The highest BCUT2D eigenvalue weighted by atomic mass is 16.6. The van der Waals surface area contributed by atoms with Crippen molar-refractivity contribution >= 4 is 28.0 Å². The van der Waals surface area contributed by atoms with Crippen LogP contribution in [0, 0.1) is 0 Å². The van der Waals surface area contributed by atoms with Crippen LogP contribution >= 0.6 is 0 Å². The van der Waals surface area contributed by atoms with E-state index in [0.29, 0.717) is 35.7 Å². The molecule has 5 N–H and O–H groups in total. The van der Waals surface area contributed by atoms with Gasteiger partial charge in [0.15, 0.2) is 17.7 Å². The minimum Gasteiger partial charge on any atom is -0.505 e. The molecule has 3 aliphatic rings. The Morgan fingerprint density at radius 3 is 2.73 bits per heavy atom. The molecular weight excluding hydrogens is 524 g/mol. The van der Waals surface area contributed by atoms with Crippen molar-refractivity contribution in [3.8, 4) is 5.75 Å². The summed E-state index contributed by atoms with van der Waals surface area (Å²) in [6, 6.07) is 4.31. The van der Waals surface area contributed by atoms with E-state index in [4.69, 9.17) is 20.2 Å². The first-order valence-electron chi connectivity index (χ1n) is 14.1. The Labute approximate surface area is 237 Å². The second-order valence-corrected chi connectivity index (χ2v) is 12.5. The predicted molar refractivity (Wildman–Crippen MR) is 152 cm³/mol. The van der Waals surface area contributed by atoms with Crippen LogP contribution in [-0.2, 0) is 21.3 Å². The number of fused-ring (bicyclic) bond motifs is 3. The molecule has 3 aromatic heterocycles. The molecule has 1 aliphatic carbocycles. The van der Waals surface area contributed by atoms with Crippen molar-refractivity contribution in [2.75, 3.05) is 12.3 Å². The molecule has 12 nitrogen and oxygen atoms in total. The van der Waals surface area contributed by atoms with E-state index in [1.807, 2.05) is 19.1 Å². The zero-order valence-electron chi connectivity index (χ0n) is 23.7. The van der Waals surface area contributed by atoms with E-state index in [-0.39, 0.29) is 29.3 Å². The maximum atomic E-state index is 11.1. The summed E-state index contributed by atoms with van der Waals surface area (Å²) in [5.74, 6) is 1.39. The fraction of sp³-hybridized carbons (Fsp3) is 0.517. The SMILES string of the molecule is CC1O[C@H]2[C@@H](O)[C@H](n3cnc4c(N)ncnc43)O[C@@H]2CN1C1CC(=CCc2nc3c(O)c(C(C)(C)C)ccc3[nH]2)C1. The molecule has 0 spiro atoms. The van der Waals surface area contributed by atoms with Gasteiger partial charge in [-0.25, -0.2) is 19.9 Å². The minimum atomic E-state index is -0.863. The summed E-state index contributed by atoms with van der Waals surface area (Å²) in [5, 5.41) is 21.9. The first-order chi connectivity index (χ1) is 19.6. The van der Waals surface area contributed by atoms with Gasteiger partial charge in [-0.1, -0.05) is 38.5 Å². The molecule has 1 saturated carbocycles. The number of allylic oxidation sites excluding steroid dienone is 1. The Bertz CT molecular complexity index is 1650. The average molecular weight is 561 g/mol. The van der Waals surface area contributed by atoms with E-state index in [0.717, 1.165) is 29.7 Å². The second kappa shape index (κ2) is 9.48. The number of phenols is 1. The van der Waals surface area contributed by atoms with Crippen LogP contribution in [0.4, 0.5) is 5.82 Å². The Kier molecular flexibility index (Phi) is 6.09. The number of aromatic amines is 1. The van der Waals surface area contributed by atoms with Gasteiger partial charge in [-0.3, -0.25) is 9.47 Å². The molecule has 5 atom stereocenters. The number of hydrogen-bond donors (Lipinski definition) is 4. The van der Waals surface area contributed by atoms with Crippen molar-refractivity contribution in [1.29, 1.82) is 0 Å². The smallest absolute Gasteiger partial charge is 0.167 e. The number of aromatic hydroxyl groups is 1. The molecule has 4 aromatic rings. The molecule has 2 saturated heterocycles. The van der Waals surface area contributed by atoms with Crippen LogP contribution in [-0.4, -0.2) is 81.7 Å². The molecule has 12 heteroatoms. The van der Waals surface area contributed by atoms with E-state index in [1.54, 1.807) is 10.9 Å². The van der Waals surface area contributed by atoms with Crippen LogP contribution < -0.4 is 5.73 Å². The number of rotatable bonds is 4. The zero-order valence-corrected chi connectivity index (χ0v) is 23.7. The Balaban J connectivity index is 1.00. The third-order valence-electron chi connectivity index (χ3n) is 8.72. The summed E-state index contributed by atoms with van der Waals surface area (Å²) < 4.78 is 14.3. The molecular formula is C29H36N8O4. The lowest BCUT2D eigenvalue weighted by Gasteiger charge is -2.47. The highest BCUT2D eigenvalue weighted by molar-refractivity contribution is 5.83. The van der Waals surface area contributed by atoms with Crippen molar-refractivity contribution in [2.24, 2.45) is 0 Å². The van der Waals surface area contributed by atoms with Gasteiger partial charge in [-0.2, -0.15) is 0 Å². The number of nitrogens with zero attached hydrogens (tertiary/aromatic N) is 6. The third-order valence-corrected chi connectivity index (χ3v) is 8.72. The molecule has 41 heavy (non-hydrogen) atoms. The lowest BCUT2D eigenvalue weighted by Crippen LogP contribution is -2.58. The topological polar surface area (TPSA) is 160 Å². The average Bonchev–Trinajstić information content (AvgIpc) is 3.59. The quantitative estimate of drug-likeness (QED) is 0.273. The number of nitrogens with one attached hydrogen (secondary N) is 1. The molecule has 1 unspecified atom stereocenters. The van der Waals surface area contributed by atoms with Crippen molar-refractivity contribution in [2.45, 2.75) is 89.2 Å². The third kappa shape index (κ3) is 4.37. The van der Waals surface area contributed by atoms with E-state index in [1.165, 1.54) is 11.9 Å². The van der Waals surface area contributed by atoms with Crippen molar-refractivity contribution in [1.82, 2.24) is 34.4 Å². The van der Waals surface area contributed by atoms with Crippen LogP contribution in [0.3, 0.4) is 0 Å². The molecule has 0 bridgehead atoms. The van der Waals surface area contributed by atoms with Crippen LogP contribution in [0.5, 0.6) is 5.75 Å². The van der Waals surface area contributed by atoms with Gasteiger partial charge < -0.3 is 30.4 Å². The molecule has 216 valence electrons. The molecule has 2 aliphatic heterocycles. The van der Waals surface area contributed by atoms with E-state index < -0.39 is 18.4 Å². The fourth-order valence-electron chi connectivity index (χ4n) is 6.43. The molecule has 1 aromatic carbocycles. The lowest BCUT2D eigenvalue weighted by atomic mass is 9.83. The predicted octanol–water partition coefficient (Wildman–Crippen LogP) is 2.92. The lowest BCUT2D eigenvalue weighted by molar-refractivity contribution is -0.191.